The average molecular weight is 489 g/mol. The Morgan fingerprint density at radius 1 is 1.03 bits per heavy atom. The molecule has 8 nitrogen and oxygen atoms in total. The first-order chi connectivity index (χ1) is 18.1. The van der Waals surface area contributed by atoms with Crippen molar-refractivity contribution in [2.24, 2.45) is 0 Å². The number of amides is 1. The molecule has 0 spiro atoms. The Kier molecular flexibility index (Phi) is 6.59. The zero-order valence-electron chi connectivity index (χ0n) is 19.5. The van der Waals surface area contributed by atoms with Crippen LogP contribution in [-0.2, 0) is 14.3 Å². The molecule has 2 heterocycles. The number of nitrogens with zero attached hydrogens (tertiary/aromatic N) is 3. The number of carbonyl (C=O) groups excluding carboxylic acids is 2. The maximum atomic E-state index is 12.4. The summed E-state index contributed by atoms with van der Waals surface area (Å²) < 4.78 is 12.8. The number of hydrogen-bond acceptors (Lipinski definition) is 6. The minimum atomic E-state index is -0.691. The lowest BCUT2D eigenvalue weighted by molar-refractivity contribution is -0.142. The van der Waals surface area contributed by atoms with Gasteiger partial charge in [-0.2, -0.15) is 10.4 Å². The number of hydrogen-bond donors (Lipinski definition) is 1. The molecule has 0 saturated carbocycles. The van der Waals surface area contributed by atoms with Crippen LogP contribution >= 0.6 is 0 Å². The van der Waals surface area contributed by atoms with Gasteiger partial charge in [0, 0.05) is 28.9 Å². The molecule has 0 radical (unpaired) electrons. The molecule has 5 rings (SSSR count). The highest BCUT2D eigenvalue weighted by molar-refractivity contribution is 5.95. The number of furan rings is 1. The van der Waals surface area contributed by atoms with Crippen LogP contribution in [0.1, 0.15) is 11.1 Å². The monoisotopic (exact) mass is 488 g/mol. The molecule has 2 aromatic heterocycles. The molecule has 0 aliphatic carbocycles. The van der Waals surface area contributed by atoms with Crippen LogP contribution in [0.5, 0.6) is 0 Å². The molecule has 180 valence electrons. The van der Waals surface area contributed by atoms with Crippen molar-refractivity contribution in [1.29, 1.82) is 5.26 Å². The van der Waals surface area contributed by atoms with Crippen molar-refractivity contribution in [2.75, 3.05) is 11.9 Å². The molecule has 0 saturated heterocycles. The van der Waals surface area contributed by atoms with E-state index in [0.29, 0.717) is 28.3 Å². The standard InChI is InChI=1S/C29H20N4O4/c30-17-20-7-6-9-23(15-20)31-27(34)19-36-28(35)14-13-22-18-33(24-10-2-1-3-11-24)32-29(22)26-16-21-8-4-5-12-25(21)37-26/h1-16,18H,19H2,(H,31,34)/b14-13+. The molecule has 0 aliphatic heterocycles. The zero-order chi connectivity index (χ0) is 25.6. The van der Waals surface area contributed by atoms with Gasteiger partial charge in [-0.25, -0.2) is 9.48 Å². The summed E-state index contributed by atoms with van der Waals surface area (Å²) >= 11 is 0. The van der Waals surface area contributed by atoms with Gasteiger partial charge in [-0.15, -0.1) is 0 Å². The van der Waals surface area contributed by atoms with Crippen molar-refractivity contribution in [2.45, 2.75) is 0 Å². The zero-order valence-corrected chi connectivity index (χ0v) is 19.5. The molecule has 0 unspecified atom stereocenters. The van der Waals surface area contributed by atoms with Crippen molar-refractivity contribution < 1.29 is 18.7 Å². The first-order valence-electron chi connectivity index (χ1n) is 11.4. The van der Waals surface area contributed by atoms with E-state index in [1.807, 2.05) is 66.7 Å². The number of esters is 1. The molecule has 0 aliphatic rings. The molecule has 0 fully saturated rings. The maximum absolute atomic E-state index is 12.4. The number of rotatable bonds is 7. The minimum absolute atomic E-state index is 0.411. The third-order valence-electron chi connectivity index (χ3n) is 5.44. The minimum Gasteiger partial charge on any atom is -0.454 e. The Bertz CT molecular complexity index is 1630. The molecule has 1 amide bonds. The van der Waals surface area contributed by atoms with Gasteiger partial charge in [0.15, 0.2) is 12.4 Å². The van der Waals surface area contributed by atoms with Crippen LogP contribution in [0.25, 0.3) is 34.2 Å². The summed E-state index contributed by atoms with van der Waals surface area (Å²) in [6.07, 6.45) is 4.60. The molecule has 37 heavy (non-hydrogen) atoms. The Morgan fingerprint density at radius 2 is 1.84 bits per heavy atom. The van der Waals surface area contributed by atoms with E-state index in [0.717, 1.165) is 16.7 Å². The molecular weight excluding hydrogens is 468 g/mol. The summed E-state index contributed by atoms with van der Waals surface area (Å²) in [5.41, 5.74) is 3.62. The number of anilines is 1. The van der Waals surface area contributed by atoms with E-state index in [9.17, 15) is 9.59 Å². The van der Waals surface area contributed by atoms with Gasteiger partial charge in [0.05, 0.1) is 17.3 Å². The highest BCUT2D eigenvalue weighted by atomic mass is 16.5. The second-order valence-corrected chi connectivity index (χ2v) is 8.04. The fourth-order valence-corrected chi connectivity index (χ4v) is 3.72. The summed E-state index contributed by atoms with van der Waals surface area (Å²) in [7, 11) is 0. The Morgan fingerprint density at radius 3 is 2.65 bits per heavy atom. The number of benzene rings is 3. The molecule has 5 aromatic rings. The number of para-hydroxylation sites is 2. The Labute approximate surface area is 212 Å². The molecule has 1 N–H and O–H groups in total. The normalized spacial score (nSPS) is 10.9. The van der Waals surface area contributed by atoms with Crippen LogP contribution in [0.4, 0.5) is 5.69 Å². The van der Waals surface area contributed by atoms with Crippen molar-refractivity contribution >= 4 is 34.6 Å². The molecule has 0 bridgehead atoms. The van der Waals surface area contributed by atoms with Gasteiger partial charge < -0.3 is 14.5 Å². The Hall–Kier alpha value is -5.42. The molecular formula is C29H20N4O4. The number of nitriles is 1. The summed E-state index contributed by atoms with van der Waals surface area (Å²) in [6.45, 7) is -0.473. The Balaban J connectivity index is 1.33. The predicted octanol–water partition coefficient (Wildman–Crippen LogP) is 5.35. The van der Waals surface area contributed by atoms with E-state index in [1.54, 1.807) is 35.2 Å². The van der Waals surface area contributed by atoms with E-state index in [1.165, 1.54) is 12.1 Å². The maximum Gasteiger partial charge on any atom is 0.331 e. The lowest BCUT2D eigenvalue weighted by Crippen LogP contribution is -2.20. The van der Waals surface area contributed by atoms with Gasteiger partial charge in [-0.05, 0) is 48.5 Å². The van der Waals surface area contributed by atoms with Crippen molar-refractivity contribution in [3.63, 3.8) is 0 Å². The SMILES string of the molecule is N#Cc1cccc(NC(=O)COC(=O)/C=C/c2cn(-c3ccccc3)nc2-c2cc3ccccc3o2)c1. The number of ether oxygens (including phenoxy) is 1. The predicted molar refractivity (Wildman–Crippen MR) is 139 cm³/mol. The van der Waals surface area contributed by atoms with Crippen LogP contribution in [0, 0.1) is 11.3 Å². The fourth-order valence-electron chi connectivity index (χ4n) is 3.72. The van der Waals surface area contributed by atoms with E-state index < -0.39 is 18.5 Å². The largest absolute Gasteiger partial charge is 0.454 e. The molecule has 3 aromatic carbocycles. The number of aromatic nitrogens is 2. The summed E-state index contributed by atoms with van der Waals surface area (Å²) in [6, 6.07) is 27.6. The first-order valence-corrected chi connectivity index (χ1v) is 11.4. The number of nitrogens with one attached hydrogen (secondary N) is 1. The summed E-state index contributed by atoms with van der Waals surface area (Å²) in [5, 5.41) is 17.2. The second-order valence-electron chi connectivity index (χ2n) is 8.04. The quantitative estimate of drug-likeness (QED) is 0.244. The lowest BCUT2D eigenvalue weighted by atomic mass is 10.2. The number of carbonyl (C=O) groups is 2. The van der Waals surface area contributed by atoms with Crippen LogP contribution in [0.15, 0.2) is 102 Å². The topological polar surface area (TPSA) is 110 Å². The average Bonchev–Trinajstić information content (AvgIpc) is 3.55. The third kappa shape index (κ3) is 5.47. The highest BCUT2D eigenvalue weighted by Crippen LogP contribution is 2.30. The molecule has 8 heteroatoms. The smallest absolute Gasteiger partial charge is 0.331 e. The van der Waals surface area contributed by atoms with Crippen LogP contribution in [0.3, 0.4) is 0 Å². The van der Waals surface area contributed by atoms with E-state index in [-0.39, 0.29) is 0 Å². The van der Waals surface area contributed by atoms with E-state index >= 15 is 0 Å². The molecule has 0 atom stereocenters. The third-order valence-corrected chi connectivity index (χ3v) is 5.44. The van der Waals surface area contributed by atoms with Crippen molar-refractivity contribution in [3.05, 3.63) is 108 Å². The second kappa shape index (κ2) is 10.5. The van der Waals surface area contributed by atoms with Crippen LogP contribution in [-0.4, -0.2) is 28.3 Å². The van der Waals surface area contributed by atoms with Crippen LogP contribution < -0.4 is 5.32 Å². The summed E-state index contributed by atoms with van der Waals surface area (Å²) in [4.78, 5) is 24.5. The number of fused-ring (bicyclic) bond motifs is 1. The lowest BCUT2D eigenvalue weighted by Gasteiger charge is -2.05. The van der Waals surface area contributed by atoms with Crippen molar-refractivity contribution in [3.8, 4) is 23.2 Å². The van der Waals surface area contributed by atoms with Gasteiger partial charge in [0.1, 0.15) is 11.3 Å². The van der Waals surface area contributed by atoms with Crippen LogP contribution in [0.2, 0.25) is 0 Å². The summed E-state index contributed by atoms with van der Waals surface area (Å²) in [5.74, 6) is -0.650. The van der Waals surface area contributed by atoms with Gasteiger partial charge in [-0.1, -0.05) is 42.5 Å². The van der Waals surface area contributed by atoms with Gasteiger partial charge in [-0.3, -0.25) is 4.79 Å². The van der Waals surface area contributed by atoms with Gasteiger partial charge >= 0.3 is 5.97 Å². The first kappa shape index (κ1) is 23.3. The van der Waals surface area contributed by atoms with Gasteiger partial charge in [0.2, 0.25) is 0 Å². The van der Waals surface area contributed by atoms with E-state index in [4.69, 9.17) is 19.5 Å². The highest BCUT2D eigenvalue weighted by Gasteiger charge is 2.15. The fraction of sp³-hybridized carbons (Fsp3) is 0.0345. The van der Waals surface area contributed by atoms with E-state index in [2.05, 4.69) is 5.32 Å². The van der Waals surface area contributed by atoms with Gasteiger partial charge in [0.25, 0.3) is 5.91 Å². The van der Waals surface area contributed by atoms with Crippen molar-refractivity contribution in [1.82, 2.24) is 9.78 Å².